The Morgan fingerprint density at radius 2 is 1.88 bits per heavy atom. The fraction of sp³-hybridized carbons (Fsp3) is 0.190. The number of rotatable bonds is 2. The number of benzene rings is 2. The average molecular weight is 316 g/mol. The third kappa shape index (κ3) is 2.52. The minimum absolute atomic E-state index is 0.0345. The highest BCUT2D eigenvalue weighted by Gasteiger charge is 2.11. The van der Waals surface area contributed by atoms with Crippen molar-refractivity contribution < 1.29 is 4.79 Å². The molecule has 1 aliphatic rings. The number of nitrogens with zero attached hydrogens (tertiary/aromatic N) is 1. The molecule has 0 saturated carbocycles. The summed E-state index contributed by atoms with van der Waals surface area (Å²) in [5, 5.41) is 5.41. The van der Waals surface area contributed by atoms with Crippen molar-refractivity contribution in [2.45, 2.75) is 19.3 Å². The number of aromatic nitrogens is 1. The Morgan fingerprint density at radius 3 is 2.79 bits per heavy atom. The number of amides is 1. The molecule has 0 aliphatic heterocycles. The van der Waals surface area contributed by atoms with Gasteiger partial charge in [0, 0.05) is 40.1 Å². The zero-order valence-corrected chi connectivity index (χ0v) is 13.8. The first-order valence-corrected chi connectivity index (χ1v) is 8.39. The van der Waals surface area contributed by atoms with Crippen LogP contribution in [0, 0.1) is 0 Å². The summed E-state index contributed by atoms with van der Waals surface area (Å²) in [5.74, 6) is -0.0345. The third-order valence-electron chi connectivity index (χ3n) is 4.67. The van der Waals surface area contributed by atoms with E-state index in [0.29, 0.717) is 0 Å². The Bertz CT molecular complexity index is 992. The van der Waals surface area contributed by atoms with Gasteiger partial charge in [0.1, 0.15) is 0 Å². The quantitative estimate of drug-likeness (QED) is 0.714. The summed E-state index contributed by atoms with van der Waals surface area (Å²) in [7, 11) is 2.07. The van der Waals surface area contributed by atoms with Crippen molar-refractivity contribution in [3.8, 4) is 0 Å². The van der Waals surface area contributed by atoms with Gasteiger partial charge in [-0.05, 0) is 43.5 Å². The number of allylic oxidation sites excluding steroid dienone is 2. The van der Waals surface area contributed by atoms with E-state index in [1.54, 1.807) is 0 Å². The summed E-state index contributed by atoms with van der Waals surface area (Å²) < 4.78 is 2.19. The first kappa shape index (κ1) is 14.8. The van der Waals surface area contributed by atoms with Crippen LogP contribution < -0.4 is 5.32 Å². The van der Waals surface area contributed by atoms with Gasteiger partial charge in [-0.1, -0.05) is 36.4 Å². The van der Waals surface area contributed by atoms with Crippen molar-refractivity contribution in [2.75, 3.05) is 5.32 Å². The van der Waals surface area contributed by atoms with Crippen molar-refractivity contribution >= 4 is 33.4 Å². The molecular formula is C21H20N2O. The fourth-order valence-electron chi connectivity index (χ4n) is 3.39. The lowest BCUT2D eigenvalue weighted by Crippen LogP contribution is -2.13. The standard InChI is InChI=1S/C21H20N2O/c1-23-19-11-7-6-10-17(19)18-14-16(12-13-20(18)23)22-21(24)15-8-4-2-3-5-9-15/h4,6-14H,2-3,5H2,1H3,(H,22,24). The number of carbonyl (C=O) groups is 1. The van der Waals surface area contributed by atoms with E-state index in [2.05, 4.69) is 53.3 Å². The minimum Gasteiger partial charge on any atom is -0.344 e. The summed E-state index contributed by atoms with van der Waals surface area (Å²) >= 11 is 0. The molecule has 120 valence electrons. The number of nitrogens with one attached hydrogen (secondary N) is 1. The lowest BCUT2D eigenvalue weighted by atomic mass is 10.1. The average Bonchev–Trinajstić information content (AvgIpc) is 2.79. The maximum absolute atomic E-state index is 12.5. The first-order valence-electron chi connectivity index (χ1n) is 8.39. The van der Waals surface area contributed by atoms with Crippen molar-refractivity contribution in [1.29, 1.82) is 0 Å². The van der Waals surface area contributed by atoms with Gasteiger partial charge < -0.3 is 9.88 Å². The van der Waals surface area contributed by atoms with E-state index in [9.17, 15) is 4.79 Å². The van der Waals surface area contributed by atoms with E-state index in [-0.39, 0.29) is 5.91 Å². The van der Waals surface area contributed by atoms with Crippen molar-refractivity contribution in [3.63, 3.8) is 0 Å². The number of para-hydroxylation sites is 1. The Morgan fingerprint density at radius 1 is 1.04 bits per heavy atom. The second-order valence-electron chi connectivity index (χ2n) is 6.25. The molecule has 0 radical (unpaired) electrons. The lowest BCUT2D eigenvalue weighted by Gasteiger charge is -2.06. The summed E-state index contributed by atoms with van der Waals surface area (Å²) in [6.07, 6.45) is 9.13. The van der Waals surface area contributed by atoms with Crippen LogP contribution in [0.15, 0.2) is 66.3 Å². The zero-order chi connectivity index (χ0) is 16.5. The SMILES string of the molecule is Cn1c2ccccc2c2cc(NC(=O)C3=CCCCC=C3)ccc21. The smallest absolute Gasteiger partial charge is 0.255 e. The van der Waals surface area contributed by atoms with Gasteiger partial charge in [-0.3, -0.25) is 4.79 Å². The number of carbonyl (C=O) groups excluding carboxylic acids is 1. The Labute approximate surface area is 141 Å². The van der Waals surface area contributed by atoms with E-state index in [4.69, 9.17) is 0 Å². The second kappa shape index (κ2) is 6.00. The molecule has 1 N–H and O–H groups in total. The number of aryl methyl sites for hydroxylation is 1. The maximum atomic E-state index is 12.5. The van der Waals surface area contributed by atoms with Crippen LogP contribution in [-0.4, -0.2) is 10.5 Å². The molecular weight excluding hydrogens is 296 g/mol. The molecule has 3 aromatic rings. The Kier molecular flexibility index (Phi) is 3.69. The zero-order valence-electron chi connectivity index (χ0n) is 13.8. The largest absolute Gasteiger partial charge is 0.344 e. The van der Waals surface area contributed by atoms with Crippen LogP contribution in [0.4, 0.5) is 5.69 Å². The molecule has 1 aromatic heterocycles. The van der Waals surface area contributed by atoms with Gasteiger partial charge in [0.05, 0.1) is 0 Å². The number of hydrogen-bond donors (Lipinski definition) is 1. The molecule has 0 unspecified atom stereocenters. The van der Waals surface area contributed by atoms with E-state index in [1.165, 1.54) is 16.4 Å². The molecule has 24 heavy (non-hydrogen) atoms. The van der Waals surface area contributed by atoms with E-state index >= 15 is 0 Å². The van der Waals surface area contributed by atoms with Gasteiger partial charge in [-0.15, -0.1) is 0 Å². The van der Waals surface area contributed by atoms with Crippen molar-refractivity contribution in [3.05, 3.63) is 66.3 Å². The topological polar surface area (TPSA) is 34.0 Å². The van der Waals surface area contributed by atoms with Crippen LogP contribution in [0.3, 0.4) is 0 Å². The molecule has 0 fully saturated rings. The van der Waals surface area contributed by atoms with Crippen LogP contribution in [0.1, 0.15) is 19.3 Å². The molecule has 1 aliphatic carbocycles. The first-order chi connectivity index (χ1) is 11.7. The predicted octanol–water partition coefficient (Wildman–Crippen LogP) is 4.94. The van der Waals surface area contributed by atoms with Crippen LogP contribution in [-0.2, 0) is 11.8 Å². The summed E-state index contributed by atoms with van der Waals surface area (Å²) in [4.78, 5) is 12.5. The molecule has 3 heteroatoms. The van der Waals surface area contributed by atoms with Gasteiger partial charge in [0.2, 0.25) is 0 Å². The molecule has 0 saturated heterocycles. The number of fused-ring (bicyclic) bond motifs is 3. The summed E-state index contributed by atoms with van der Waals surface area (Å²) in [6, 6.07) is 14.5. The molecule has 1 amide bonds. The lowest BCUT2D eigenvalue weighted by molar-refractivity contribution is -0.112. The monoisotopic (exact) mass is 316 g/mol. The van der Waals surface area contributed by atoms with E-state index in [0.717, 1.165) is 35.9 Å². The second-order valence-corrected chi connectivity index (χ2v) is 6.25. The fourth-order valence-corrected chi connectivity index (χ4v) is 3.39. The van der Waals surface area contributed by atoms with Crippen molar-refractivity contribution in [1.82, 2.24) is 4.57 Å². The molecule has 0 atom stereocenters. The third-order valence-corrected chi connectivity index (χ3v) is 4.67. The van der Waals surface area contributed by atoms with Gasteiger partial charge in [0.15, 0.2) is 0 Å². The van der Waals surface area contributed by atoms with Gasteiger partial charge >= 0.3 is 0 Å². The highest BCUT2D eigenvalue weighted by atomic mass is 16.1. The van der Waals surface area contributed by atoms with Gasteiger partial charge in [-0.25, -0.2) is 0 Å². The number of anilines is 1. The maximum Gasteiger partial charge on any atom is 0.255 e. The predicted molar refractivity (Wildman–Crippen MR) is 100 cm³/mol. The Balaban J connectivity index is 1.71. The molecule has 1 heterocycles. The summed E-state index contributed by atoms with van der Waals surface area (Å²) in [6.45, 7) is 0. The minimum atomic E-state index is -0.0345. The van der Waals surface area contributed by atoms with Gasteiger partial charge in [0.25, 0.3) is 5.91 Å². The van der Waals surface area contributed by atoms with Crippen LogP contribution in [0.5, 0.6) is 0 Å². The summed E-state index contributed by atoms with van der Waals surface area (Å²) in [5.41, 5.74) is 3.96. The van der Waals surface area contributed by atoms with Crippen LogP contribution in [0.2, 0.25) is 0 Å². The molecule has 4 rings (SSSR count). The van der Waals surface area contributed by atoms with Crippen molar-refractivity contribution in [2.24, 2.45) is 7.05 Å². The highest BCUT2D eigenvalue weighted by Crippen LogP contribution is 2.30. The Hall–Kier alpha value is -2.81. The number of hydrogen-bond acceptors (Lipinski definition) is 1. The van der Waals surface area contributed by atoms with Crippen LogP contribution >= 0.6 is 0 Å². The van der Waals surface area contributed by atoms with E-state index in [1.807, 2.05) is 24.3 Å². The molecule has 0 bridgehead atoms. The molecule has 0 spiro atoms. The van der Waals surface area contributed by atoms with Gasteiger partial charge in [-0.2, -0.15) is 0 Å². The molecule has 3 nitrogen and oxygen atoms in total. The molecule has 2 aromatic carbocycles. The highest BCUT2D eigenvalue weighted by molar-refractivity contribution is 6.11. The normalized spacial score (nSPS) is 14.6. The van der Waals surface area contributed by atoms with Crippen LogP contribution in [0.25, 0.3) is 21.8 Å². The van der Waals surface area contributed by atoms with E-state index < -0.39 is 0 Å².